The second-order valence-electron chi connectivity index (χ2n) is 4.35. The maximum Gasteiger partial charge on any atom is 0.251 e. The molecule has 1 rings (SSSR count). The number of alkyl halides is 1. The predicted molar refractivity (Wildman–Crippen MR) is 85.2 cm³/mol. The summed E-state index contributed by atoms with van der Waals surface area (Å²) >= 11 is 7.98. The Hall–Kier alpha value is -0.290. The van der Waals surface area contributed by atoms with E-state index in [1.807, 2.05) is 24.3 Å². The largest absolute Gasteiger partial charge is 0.352 e. The van der Waals surface area contributed by atoms with Crippen LogP contribution in [0.4, 0.5) is 0 Å². The minimum absolute atomic E-state index is 0.00388. The lowest BCUT2D eigenvalue weighted by molar-refractivity contribution is 0.0946. The van der Waals surface area contributed by atoms with Gasteiger partial charge in [-0.3, -0.25) is 4.79 Å². The lowest BCUT2D eigenvalue weighted by Crippen LogP contribution is -2.29. The van der Waals surface area contributed by atoms with Crippen LogP contribution >= 0.6 is 34.2 Å². The Morgan fingerprint density at radius 1 is 1.44 bits per heavy atom. The molecule has 1 atom stereocenters. The third kappa shape index (κ3) is 5.57. The third-order valence-electron chi connectivity index (χ3n) is 2.85. The maximum atomic E-state index is 12.0. The second-order valence-corrected chi connectivity index (χ2v) is 5.98. The monoisotopic (exact) mass is 379 g/mol. The van der Waals surface area contributed by atoms with Crippen LogP contribution in [0.2, 0.25) is 0 Å². The molecule has 0 radical (unpaired) electrons. The minimum atomic E-state index is 0.00388. The van der Waals surface area contributed by atoms with Crippen molar-refractivity contribution in [3.05, 3.63) is 33.4 Å². The van der Waals surface area contributed by atoms with Crippen LogP contribution < -0.4 is 5.32 Å². The van der Waals surface area contributed by atoms with Gasteiger partial charge in [-0.15, -0.1) is 11.6 Å². The smallest absolute Gasteiger partial charge is 0.251 e. The molecule has 0 aliphatic carbocycles. The van der Waals surface area contributed by atoms with Crippen LogP contribution in [0.15, 0.2) is 24.3 Å². The molecule has 0 saturated carbocycles. The Labute approximate surface area is 128 Å². The summed E-state index contributed by atoms with van der Waals surface area (Å²) in [7, 11) is 0. The second kappa shape index (κ2) is 8.75. The Balaban J connectivity index is 2.49. The number of rotatable bonds is 7. The van der Waals surface area contributed by atoms with E-state index in [4.69, 9.17) is 11.6 Å². The van der Waals surface area contributed by atoms with Crippen LogP contribution in [0.3, 0.4) is 0 Å². The van der Waals surface area contributed by atoms with E-state index in [0.717, 1.165) is 28.4 Å². The number of amides is 1. The number of hydrogen-bond acceptors (Lipinski definition) is 1. The molecule has 1 aromatic carbocycles. The van der Waals surface area contributed by atoms with Crippen molar-refractivity contribution >= 4 is 40.1 Å². The average molecular weight is 380 g/mol. The molecule has 0 aromatic heterocycles. The first-order valence-corrected chi connectivity index (χ1v) is 7.88. The van der Waals surface area contributed by atoms with E-state index in [-0.39, 0.29) is 5.91 Å². The van der Waals surface area contributed by atoms with Crippen LogP contribution in [0, 0.1) is 9.49 Å². The van der Waals surface area contributed by atoms with Gasteiger partial charge in [0.15, 0.2) is 0 Å². The number of carbonyl (C=O) groups excluding carboxylic acids is 1. The molecule has 0 heterocycles. The van der Waals surface area contributed by atoms with Crippen molar-refractivity contribution in [2.75, 3.05) is 12.4 Å². The highest BCUT2D eigenvalue weighted by Gasteiger charge is 2.10. The summed E-state index contributed by atoms with van der Waals surface area (Å²) in [6.45, 7) is 2.87. The zero-order valence-corrected chi connectivity index (χ0v) is 13.5. The lowest BCUT2D eigenvalue weighted by Gasteiger charge is -2.15. The van der Waals surface area contributed by atoms with Crippen molar-refractivity contribution < 1.29 is 4.79 Å². The zero-order chi connectivity index (χ0) is 13.4. The fourth-order valence-corrected chi connectivity index (χ4v) is 2.73. The first kappa shape index (κ1) is 15.8. The Morgan fingerprint density at radius 2 is 2.22 bits per heavy atom. The quantitative estimate of drug-likeness (QED) is 0.562. The SMILES string of the molecule is CCCC(CCCl)CNC(=O)c1cccc(I)c1. The van der Waals surface area contributed by atoms with Gasteiger partial charge in [0.05, 0.1) is 0 Å². The van der Waals surface area contributed by atoms with Crippen molar-refractivity contribution in [1.29, 1.82) is 0 Å². The number of halogens is 2. The summed E-state index contributed by atoms with van der Waals surface area (Å²) < 4.78 is 1.08. The van der Waals surface area contributed by atoms with E-state index in [1.165, 1.54) is 0 Å². The van der Waals surface area contributed by atoms with Crippen molar-refractivity contribution in [1.82, 2.24) is 5.32 Å². The van der Waals surface area contributed by atoms with E-state index in [0.29, 0.717) is 18.3 Å². The Morgan fingerprint density at radius 3 is 2.83 bits per heavy atom. The molecule has 1 amide bonds. The van der Waals surface area contributed by atoms with E-state index >= 15 is 0 Å². The molecule has 0 aliphatic heterocycles. The van der Waals surface area contributed by atoms with Gasteiger partial charge in [-0.25, -0.2) is 0 Å². The molecule has 1 N–H and O–H groups in total. The van der Waals surface area contributed by atoms with Gasteiger partial charge in [0.25, 0.3) is 5.91 Å². The summed E-state index contributed by atoms with van der Waals surface area (Å²) in [5.41, 5.74) is 0.725. The molecule has 2 nitrogen and oxygen atoms in total. The van der Waals surface area contributed by atoms with Gasteiger partial charge in [0, 0.05) is 21.6 Å². The molecule has 4 heteroatoms. The average Bonchev–Trinajstić information content (AvgIpc) is 2.36. The van der Waals surface area contributed by atoms with Gasteiger partial charge < -0.3 is 5.32 Å². The Bertz CT molecular complexity index is 378. The van der Waals surface area contributed by atoms with Crippen molar-refractivity contribution in [2.45, 2.75) is 26.2 Å². The Kier molecular flexibility index (Phi) is 7.66. The normalized spacial score (nSPS) is 12.2. The molecule has 0 aliphatic rings. The summed E-state index contributed by atoms with van der Waals surface area (Å²) in [5, 5.41) is 2.99. The molecule has 1 unspecified atom stereocenters. The van der Waals surface area contributed by atoms with Crippen molar-refractivity contribution in [2.24, 2.45) is 5.92 Å². The molecule has 0 spiro atoms. The molecular formula is C14H19ClINO. The molecule has 18 heavy (non-hydrogen) atoms. The van der Waals surface area contributed by atoms with E-state index in [2.05, 4.69) is 34.8 Å². The van der Waals surface area contributed by atoms with Gasteiger partial charge in [-0.05, 0) is 59.5 Å². The number of nitrogens with one attached hydrogen (secondary N) is 1. The van der Waals surface area contributed by atoms with Crippen LogP contribution in [0.5, 0.6) is 0 Å². The van der Waals surface area contributed by atoms with E-state index in [9.17, 15) is 4.79 Å². The fraction of sp³-hybridized carbons (Fsp3) is 0.500. The summed E-state index contributed by atoms with van der Waals surface area (Å²) in [6, 6.07) is 7.61. The number of carbonyl (C=O) groups is 1. The zero-order valence-electron chi connectivity index (χ0n) is 10.6. The van der Waals surface area contributed by atoms with Crippen molar-refractivity contribution in [3.63, 3.8) is 0 Å². The van der Waals surface area contributed by atoms with Crippen LogP contribution in [0.25, 0.3) is 0 Å². The highest BCUT2D eigenvalue weighted by atomic mass is 127. The van der Waals surface area contributed by atoms with Crippen LogP contribution in [-0.4, -0.2) is 18.3 Å². The fourth-order valence-electron chi connectivity index (χ4n) is 1.88. The lowest BCUT2D eigenvalue weighted by atomic mass is 10.0. The summed E-state index contributed by atoms with van der Waals surface area (Å²) in [6.07, 6.45) is 3.20. The van der Waals surface area contributed by atoms with Crippen molar-refractivity contribution in [3.8, 4) is 0 Å². The van der Waals surface area contributed by atoms with Gasteiger partial charge in [-0.1, -0.05) is 19.4 Å². The molecule has 100 valence electrons. The van der Waals surface area contributed by atoms with E-state index < -0.39 is 0 Å². The van der Waals surface area contributed by atoms with Crippen LogP contribution in [-0.2, 0) is 0 Å². The van der Waals surface area contributed by atoms with E-state index in [1.54, 1.807) is 0 Å². The standard InChI is InChI=1S/C14H19ClINO/c1-2-4-11(7-8-15)10-17-14(18)12-5-3-6-13(16)9-12/h3,5-6,9,11H,2,4,7-8,10H2,1H3,(H,17,18). The molecular weight excluding hydrogens is 361 g/mol. The number of benzene rings is 1. The van der Waals surface area contributed by atoms with Gasteiger partial charge in [0.2, 0.25) is 0 Å². The molecule has 0 fully saturated rings. The summed E-state index contributed by atoms with van der Waals surface area (Å²) in [4.78, 5) is 12.0. The molecule has 0 bridgehead atoms. The molecule has 0 saturated heterocycles. The highest BCUT2D eigenvalue weighted by molar-refractivity contribution is 14.1. The maximum absolute atomic E-state index is 12.0. The van der Waals surface area contributed by atoms with Crippen LogP contribution in [0.1, 0.15) is 36.5 Å². The third-order valence-corrected chi connectivity index (χ3v) is 3.74. The predicted octanol–water partition coefficient (Wildman–Crippen LogP) is 4.07. The first-order chi connectivity index (χ1) is 8.67. The van der Waals surface area contributed by atoms with Gasteiger partial charge >= 0.3 is 0 Å². The topological polar surface area (TPSA) is 29.1 Å². The highest BCUT2D eigenvalue weighted by Crippen LogP contribution is 2.12. The van der Waals surface area contributed by atoms with Gasteiger partial charge in [-0.2, -0.15) is 0 Å². The van der Waals surface area contributed by atoms with Gasteiger partial charge in [0.1, 0.15) is 0 Å². The number of hydrogen-bond donors (Lipinski definition) is 1. The molecule has 1 aromatic rings. The minimum Gasteiger partial charge on any atom is -0.352 e. The summed E-state index contributed by atoms with van der Waals surface area (Å²) in [5.74, 6) is 1.15. The first-order valence-electron chi connectivity index (χ1n) is 6.27.